The first-order valence-electron chi connectivity index (χ1n) is 6.26. The van der Waals surface area contributed by atoms with Crippen molar-refractivity contribution in [2.75, 3.05) is 20.2 Å². The smallest absolute Gasteiger partial charge is 0.0695 e. The summed E-state index contributed by atoms with van der Waals surface area (Å²) in [5.74, 6) is 0. The minimum atomic E-state index is -0.0853. The Labute approximate surface area is 92.4 Å². The number of nitrogens with zero attached hydrogens (tertiary/aromatic N) is 1. The molecule has 0 aromatic rings. The van der Waals surface area contributed by atoms with E-state index in [1.54, 1.807) is 7.11 Å². The molecule has 2 aliphatic rings. The van der Waals surface area contributed by atoms with E-state index in [0.717, 1.165) is 32.4 Å². The molecule has 15 heavy (non-hydrogen) atoms. The summed E-state index contributed by atoms with van der Waals surface area (Å²) in [6.07, 6.45) is 7.27. The molecule has 0 bridgehead atoms. The minimum Gasteiger partial charge on any atom is -0.391 e. The van der Waals surface area contributed by atoms with Gasteiger partial charge < -0.3 is 9.84 Å². The Morgan fingerprint density at radius 3 is 2.33 bits per heavy atom. The van der Waals surface area contributed by atoms with Crippen molar-refractivity contribution in [2.24, 2.45) is 0 Å². The molecule has 0 unspecified atom stereocenters. The van der Waals surface area contributed by atoms with E-state index in [9.17, 15) is 5.11 Å². The number of aliphatic hydroxyl groups excluding tert-OH is 1. The molecule has 1 aliphatic heterocycles. The van der Waals surface area contributed by atoms with Crippen LogP contribution in [0.3, 0.4) is 0 Å². The SMILES string of the molecule is COC1CCN([C@H]2CCCC[C@@H]2O)CC1. The molecule has 1 heterocycles. The number of hydrogen-bond acceptors (Lipinski definition) is 3. The van der Waals surface area contributed by atoms with Crippen LogP contribution in [-0.4, -0.2) is 48.5 Å². The predicted octanol–water partition coefficient (Wildman–Crippen LogP) is 1.40. The Hall–Kier alpha value is -0.120. The zero-order valence-corrected chi connectivity index (χ0v) is 9.69. The van der Waals surface area contributed by atoms with E-state index in [1.165, 1.54) is 19.3 Å². The molecular weight excluding hydrogens is 190 g/mol. The summed E-state index contributed by atoms with van der Waals surface area (Å²) < 4.78 is 5.36. The first-order chi connectivity index (χ1) is 7.31. The van der Waals surface area contributed by atoms with Crippen molar-refractivity contribution in [1.29, 1.82) is 0 Å². The average Bonchev–Trinajstić information content (AvgIpc) is 2.30. The summed E-state index contributed by atoms with van der Waals surface area (Å²) in [4.78, 5) is 2.47. The molecule has 2 atom stereocenters. The lowest BCUT2D eigenvalue weighted by Gasteiger charge is -2.41. The molecule has 0 aromatic carbocycles. The van der Waals surface area contributed by atoms with Gasteiger partial charge in [0, 0.05) is 26.2 Å². The minimum absolute atomic E-state index is 0.0853. The van der Waals surface area contributed by atoms with Gasteiger partial charge in [0.1, 0.15) is 0 Å². The maximum absolute atomic E-state index is 9.97. The Balaban J connectivity index is 1.83. The quantitative estimate of drug-likeness (QED) is 0.752. The van der Waals surface area contributed by atoms with Crippen molar-refractivity contribution in [3.8, 4) is 0 Å². The van der Waals surface area contributed by atoms with E-state index in [1.807, 2.05) is 0 Å². The molecule has 3 nitrogen and oxygen atoms in total. The highest BCUT2D eigenvalue weighted by molar-refractivity contribution is 4.86. The van der Waals surface area contributed by atoms with Crippen LogP contribution in [0.5, 0.6) is 0 Å². The van der Waals surface area contributed by atoms with Crippen molar-refractivity contribution >= 4 is 0 Å². The lowest BCUT2D eigenvalue weighted by Crippen LogP contribution is -2.49. The second-order valence-corrected chi connectivity index (χ2v) is 4.89. The first-order valence-corrected chi connectivity index (χ1v) is 6.26. The van der Waals surface area contributed by atoms with Crippen LogP contribution >= 0.6 is 0 Å². The fourth-order valence-corrected chi connectivity index (χ4v) is 2.96. The third kappa shape index (κ3) is 2.71. The molecule has 1 N–H and O–H groups in total. The van der Waals surface area contributed by atoms with Crippen LogP contribution < -0.4 is 0 Å². The number of likely N-dealkylation sites (tertiary alicyclic amines) is 1. The summed E-state index contributed by atoms with van der Waals surface area (Å²) in [5, 5.41) is 9.97. The van der Waals surface area contributed by atoms with Crippen molar-refractivity contribution < 1.29 is 9.84 Å². The third-order valence-corrected chi connectivity index (χ3v) is 3.97. The van der Waals surface area contributed by atoms with Crippen molar-refractivity contribution in [3.05, 3.63) is 0 Å². The fourth-order valence-electron chi connectivity index (χ4n) is 2.96. The standard InChI is InChI=1S/C12H23NO2/c1-15-10-6-8-13(9-7-10)11-4-2-3-5-12(11)14/h10-12,14H,2-9H2,1H3/t11-,12-/m0/s1. The number of piperidine rings is 1. The van der Waals surface area contributed by atoms with Gasteiger partial charge >= 0.3 is 0 Å². The molecule has 0 amide bonds. The molecule has 88 valence electrons. The first kappa shape index (κ1) is 11.4. The number of rotatable bonds is 2. The third-order valence-electron chi connectivity index (χ3n) is 3.97. The van der Waals surface area contributed by atoms with Gasteiger partial charge in [0.15, 0.2) is 0 Å². The van der Waals surface area contributed by atoms with Gasteiger partial charge in [0.2, 0.25) is 0 Å². The summed E-state index contributed by atoms with van der Waals surface area (Å²) in [5.41, 5.74) is 0. The lowest BCUT2D eigenvalue weighted by molar-refractivity contribution is -0.0217. The molecule has 0 radical (unpaired) electrons. The molecule has 3 heteroatoms. The molecule has 1 aliphatic carbocycles. The lowest BCUT2D eigenvalue weighted by atomic mass is 9.90. The second-order valence-electron chi connectivity index (χ2n) is 4.89. The Kier molecular flexibility index (Phi) is 4.00. The highest BCUT2D eigenvalue weighted by Crippen LogP contribution is 2.26. The molecule has 1 saturated carbocycles. The van der Waals surface area contributed by atoms with E-state index in [4.69, 9.17) is 4.74 Å². The Bertz CT molecular complexity index is 190. The number of ether oxygens (including phenoxy) is 1. The predicted molar refractivity (Wildman–Crippen MR) is 59.9 cm³/mol. The number of aliphatic hydroxyl groups is 1. The Morgan fingerprint density at radius 2 is 1.73 bits per heavy atom. The second kappa shape index (κ2) is 5.28. The van der Waals surface area contributed by atoms with E-state index in [0.29, 0.717) is 12.1 Å². The van der Waals surface area contributed by atoms with Gasteiger partial charge in [0.25, 0.3) is 0 Å². The van der Waals surface area contributed by atoms with Gasteiger partial charge in [-0.1, -0.05) is 12.8 Å². The van der Waals surface area contributed by atoms with E-state index in [-0.39, 0.29) is 6.10 Å². The molecule has 2 fully saturated rings. The van der Waals surface area contributed by atoms with Gasteiger partial charge in [-0.05, 0) is 25.7 Å². The van der Waals surface area contributed by atoms with Crippen LogP contribution in [0.15, 0.2) is 0 Å². The Morgan fingerprint density at radius 1 is 1.07 bits per heavy atom. The highest BCUT2D eigenvalue weighted by Gasteiger charge is 2.31. The largest absolute Gasteiger partial charge is 0.391 e. The zero-order valence-electron chi connectivity index (χ0n) is 9.69. The zero-order chi connectivity index (χ0) is 10.7. The van der Waals surface area contributed by atoms with Crippen LogP contribution in [0.1, 0.15) is 38.5 Å². The van der Waals surface area contributed by atoms with Gasteiger partial charge in [-0.3, -0.25) is 4.90 Å². The van der Waals surface area contributed by atoms with Crippen LogP contribution in [0.4, 0.5) is 0 Å². The van der Waals surface area contributed by atoms with Gasteiger partial charge in [-0.2, -0.15) is 0 Å². The molecule has 0 aromatic heterocycles. The topological polar surface area (TPSA) is 32.7 Å². The van der Waals surface area contributed by atoms with Crippen molar-refractivity contribution in [3.63, 3.8) is 0 Å². The molecular formula is C12H23NO2. The van der Waals surface area contributed by atoms with Crippen molar-refractivity contribution in [1.82, 2.24) is 4.90 Å². The fraction of sp³-hybridized carbons (Fsp3) is 1.00. The maximum Gasteiger partial charge on any atom is 0.0695 e. The van der Waals surface area contributed by atoms with Crippen LogP contribution in [0, 0.1) is 0 Å². The summed E-state index contributed by atoms with van der Waals surface area (Å²) in [6, 6.07) is 0.427. The van der Waals surface area contributed by atoms with Gasteiger partial charge in [0.05, 0.1) is 12.2 Å². The van der Waals surface area contributed by atoms with E-state index in [2.05, 4.69) is 4.90 Å². The molecule has 1 saturated heterocycles. The van der Waals surface area contributed by atoms with Crippen LogP contribution in [-0.2, 0) is 4.74 Å². The van der Waals surface area contributed by atoms with Crippen LogP contribution in [0.2, 0.25) is 0 Å². The number of methoxy groups -OCH3 is 1. The highest BCUT2D eigenvalue weighted by atomic mass is 16.5. The molecule has 0 spiro atoms. The van der Waals surface area contributed by atoms with Crippen molar-refractivity contribution in [2.45, 2.75) is 56.8 Å². The van der Waals surface area contributed by atoms with E-state index >= 15 is 0 Å². The maximum atomic E-state index is 9.97. The van der Waals surface area contributed by atoms with Gasteiger partial charge in [-0.15, -0.1) is 0 Å². The monoisotopic (exact) mass is 213 g/mol. The van der Waals surface area contributed by atoms with Gasteiger partial charge in [-0.25, -0.2) is 0 Å². The van der Waals surface area contributed by atoms with Crippen LogP contribution in [0.25, 0.3) is 0 Å². The normalized spacial score (nSPS) is 35.6. The molecule has 2 rings (SSSR count). The number of hydrogen-bond donors (Lipinski definition) is 1. The summed E-state index contributed by atoms with van der Waals surface area (Å²) >= 11 is 0. The average molecular weight is 213 g/mol. The summed E-state index contributed by atoms with van der Waals surface area (Å²) in [7, 11) is 1.80. The summed E-state index contributed by atoms with van der Waals surface area (Å²) in [6.45, 7) is 2.19. The van der Waals surface area contributed by atoms with E-state index < -0.39 is 0 Å².